The van der Waals surface area contributed by atoms with Crippen molar-refractivity contribution in [1.29, 1.82) is 0 Å². The van der Waals surface area contributed by atoms with Crippen LogP contribution in [0.15, 0.2) is 6.07 Å². The van der Waals surface area contributed by atoms with Gasteiger partial charge >= 0.3 is 0 Å². The first-order valence-electron chi connectivity index (χ1n) is 8.21. The van der Waals surface area contributed by atoms with E-state index in [4.69, 9.17) is 9.97 Å². The van der Waals surface area contributed by atoms with Gasteiger partial charge in [-0.05, 0) is 25.7 Å². The minimum atomic E-state index is -0.0345. The number of hydrogen-bond donors (Lipinski definition) is 1. The lowest BCUT2D eigenvalue weighted by Gasteiger charge is -2.26. The van der Waals surface area contributed by atoms with E-state index in [1.807, 2.05) is 0 Å². The van der Waals surface area contributed by atoms with E-state index in [1.165, 1.54) is 6.42 Å². The van der Waals surface area contributed by atoms with Crippen molar-refractivity contribution in [2.45, 2.75) is 65.8 Å². The van der Waals surface area contributed by atoms with Crippen molar-refractivity contribution in [3.8, 4) is 0 Å². The molecule has 0 aliphatic carbocycles. The third-order valence-electron chi connectivity index (χ3n) is 4.02. The normalized spacial score (nSPS) is 22.7. The summed E-state index contributed by atoms with van der Waals surface area (Å²) in [6, 6.07) is 2.67. The molecule has 0 saturated carbocycles. The van der Waals surface area contributed by atoms with E-state index in [0.29, 0.717) is 6.04 Å². The molecule has 1 fully saturated rings. The van der Waals surface area contributed by atoms with Gasteiger partial charge in [0.2, 0.25) is 0 Å². The van der Waals surface area contributed by atoms with Gasteiger partial charge in [-0.25, -0.2) is 9.97 Å². The van der Waals surface area contributed by atoms with E-state index in [-0.39, 0.29) is 5.41 Å². The predicted molar refractivity (Wildman–Crippen MR) is 90.1 cm³/mol. The SMILES string of the molecule is CCCNc1cc(N2CC(C)CC2C)nc(C(C)(C)C)n1. The average Bonchev–Trinajstić information content (AvgIpc) is 2.74. The molecule has 21 heavy (non-hydrogen) atoms. The van der Waals surface area contributed by atoms with Crippen LogP contribution in [0.25, 0.3) is 0 Å². The van der Waals surface area contributed by atoms with Gasteiger partial charge in [0, 0.05) is 30.6 Å². The average molecular weight is 290 g/mol. The highest BCUT2D eigenvalue weighted by atomic mass is 15.2. The second-order valence-corrected chi connectivity index (χ2v) is 7.45. The molecule has 0 spiro atoms. The van der Waals surface area contributed by atoms with Crippen LogP contribution in [0.2, 0.25) is 0 Å². The molecule has 1 aliphatic heterocycles. The molecule has 1 N–H and O–H groups in total. The highest BCUT2D eigenvalue weighted by Crippen LogP contribution is 2.30. The van der Waals surface area contributed by atoms with Gasteiger partial charge in [0.1, 0.15) is 17.5 Å². The van der Waals surface area contributed by atoms with Gasteiger partial charge < -0.3 is 10.2 Å². The summed E-state index contributed by atoms with van der Waals surface area (Å²) in [6.45, 7) is 15.3. The summed E-state index contributed by atoms with van der Waals surface area (Å²) < 4.78 is 0. The molecule has 1 aliphatic rings. The maximum Gasteiger partial charge on any atom is 0.138 e. The number of anilines is 2. The summed E-state index contributed by atoms with van der Waals surface area (Å²) in [5.74, 6) is 3.69. The lowest BCUT2D eigenvalue weighted by atomic mass is 9.96. The minimum Gasteiger partial charge on any atom is -0.370 e. The molecule has 0 aromatic carbocycles. The Morgan fingerprint density at radius 1 is 1.29 bits per heavy atom. The van der Waals surface area contributed by atoms with Crippen LogP contribution in [-0.4, -0.2) is 29.1 Å². The van der Waals surface area contributed by atoms with E-state index in [1.54, 1.807) is 0 Å². The lowest BCUT2D eigenvalue weighted by molar-refractivity contribution is 0.544. The topological polar surface area (TPSA) is 41.0 Å². The fourth-order valence-corrected chi connectivity index (χ4v) is 2.88. The maximum atomic E-state index is 4.85. The van der Waals surface area contributed by atoms with Crippen molar-refractivity contribution in [2.75, 3.05) is 23.3 Å². The van der Waals surface area contributed by atoms with Crippen LogP contribution >= 0.6 is 0 Å². The molecule has 4 heteroatoms. The fraction of sp³-hybridized carbons (Fsp3) is 0.765. The van der Waals surface area contributed by atoms with Gasteiger partial charge in [0.25, 0.3) is 0 Å². The molecular weight excluding hydrogens is 260 g/mol. The van der Waals surface area contributed by atoms with Crippen LogP contribution in [0.4, 0.5) is 11.6 Å². The molecule has 0 amide bonds. The minimum absolute atomic E-state index is 0.0345. The number of aromatic nitrogens is 2. The highest BCUT2D eigenvalue weighted by Gasteiger charge is 2.29. The second kappa shape index (κ2) is 6.20. The van der Waals surface area contributed by atoms with Gasteiger partial charge in [-0.15, -0.1) is 0 Å². The predicted octanol–water partition coefficient (Wildman–Crippen LogP) is 3.83. The molecule has 4 nitrogen and oxygen atoms in total. The first kappa shape index (κ1) is 16.1. The van der Waals surface area contributed by atoms with E-state index in [0.717, 1.165) is 42.9 Å². The summed E-state index contributed by atoms with van der Waals surface area (Å²) in [5, 5.41) is 3.42. The van der Waals surface area contributed by atoms with Gasteiger partial charge in [-0.1, -0.05) is 34.6 Å². The number of nitrogens with zero attached hydrogens (tertiary/aromatic N) is 3. The van der Waals surface area contributed by atoms with Crippen molar-refractivity contribution < 1.29 is 0 Å². The zero-order valence-corrected chi connectivity index (χ0v) is 14.4. The maximum absolute atomic E-state index is 4.85. The van der Waals surface area contributed by atoms with Crippen molar-refractivity contribution in [2.24, 2.45) is 5.92 Å². The molecule has 1 saturated heterocycles. The Kier molecular flexibility index (Phi) is 4.74. The molecule has 2 unspecified atom stereocenters. The van der Waals surface area contributed by atoms with Crippen molar-refractivity contribution >= 4 is 11.6 Å². The van der Waals surface area contributed by atoms with Crippen molar-refractivity contribution in [1.82, 2.24) is 9.97 Å². The summed E-state index contributed by atoms with van der Waals surface area (Å²) in [7, 11) is 0. The fourth-order valence-electron chi connectivity index (χ4n) is 2.88. The van der Waals surface area contributed by atoms with Gasteiger partial charge in [-0.2, -0.15) is 0 Å². The number of hydrogen-bond acceptors (Lipinski definition) is 4. The Morgan fingerprint density at radius 2 is 2.00 bits per heavy atom. The first-order chi connectivity index (χ1) is 9.81. The third-order valence-corrected chi connectivity index (χ3v) is 4.02. The summed E-state index contributed by atoms with van der Waals surface area (Å²) in [5.41, 5.74) is -0.0345. The Labute approximate surface area is 129 Å². The molecule has 0 radical (unpaired) electrons. The Bertz CT molecular complexity index is 478. The van der Waals surface area contributed by atoms with Crippen molar-refractivity contribution in [3.63, 3.8) is 0 Å². The molecule has 1 aromatic rings. The van der Waals surface area contributed by atoms with Crippen LogP contribution in [-0.2, 0) is 5.41 Å². The van der Waals surface area contributed by atoms with E-state index in [9.17, 15) is 0 Å². The number of nitrogens with one attached hydrogen (secondary N) is 1. The largest absolute Gasteiger partial charge is 0.370 e. The van der Waals surface area contributed by atoms with Gasteiger partial charge in [0.05, 0.1) is 0 Å². The zero-order chi connectivity index (χ0) is 15.6. The van der Waals surface area contributed by atoms with Crippen LogP contribution in [0.1, 0.15) is 60.2 Å². The first-order valence-corrected chi connectivity index (χ1v) is 8.21. The molecule has 2 atom stereocenters. The van der Waals surface area contributed by atoms with Crippen LogP contribution in [0.3, 0.4) is 0 Å². The van der Waals surface area contributed by atoms with E-state index < -0.39 is 0 Å². The monoisotopic (exact) mass is 290 g/mol. The van der Waals surface area contributed by atoms with Crippen molar-refractivity contribution in [3.05, 3.63) is 11.9 Å². The quantitative estimate of drug-likeness (QED) is 0.915. The Balaban J connectivity index is 2.35. The summed E-state index contributed by atoms with van der Waals surface area (Å²) in [6.07, 6.45) is 2.34. The Hall–Kier alpha value is -1.32. The van der Waals surface area contributed by atoms with E-state index in [2.05, 4.69) is 57.8 Å². The molecule has 0 bridgehead atoms. The lowest BCUT2D eigenvalue weighted by Crippen LogP contribution is -2.29. The van der Waals surface area contributed by atoms with Gasteiger partial charge in [-0.3, -0.25) is 0 Å². The molecule has 118 valence electrons. The summed E-state index contributed by atoms with van der Waals surface area (Å²) >= 11 is 0. The van der Waals surface area contributed by atoms with Crippen LogP contribution in [0, 0.1) is 5.92 Å². The standard InChI is InChI=1S/C17H30N4/c1-7-8-18-14-10-15(20-16(19-14)17(4,5)6)21-11-12(2)9-13(21)3/h10,12-13H,7-9,11H2,1-6H3,(H,18,19,20). The molecule has 1 aromatic heterocycles. The second-order valence-electron chi connectivity index (χ2n) is 7.45. The number of rotatable bonds is 4. The highest BCUT2D eigenvalue weighted by molar-refractivity contribution is 5.51. The smallest absolute Gasteiger partial charge is 0.138 e. The molecule has 2 heterocycles. The zero-order valence-electron chi connectivity index (χ0n) is 14.4. The summed E-state index contributed by atoms with van der Waals surface area (Å²) in [4.78, 5) is 12.0. The van der Waals surface area contributed by atoms with Crippen LogP contribution < -0.4 is 10.2 Å². The van der Waals surface area contributed by atoms with Gasteiger partial charge in [0.15, 0.2) is 0 Å². The molecule has 2 rings (SSSR count). The van der Waals surface area contributed by atoms with Crippen LogP contribution in [0.5, 0.6) is 0 Å². The molecular formula is C17H30N4. The van der Waals surface area contributed by atoms with E-state index >= 15 is 0 Å². The third kappa shape index (κ3) is 3.86. The Morgan fingerprint density at radius 3 is 2.52 bits per heavy atom.